The molecule has 2 saturated heterocycles. The number of piperidine rings is 1. The van der Waals surface area contributed by atoms with Crippen molar-refractivity contribution in [3.63, 3.8) is 0 Å². The van der Waals surface area contributed by atoms with Crippen molar-refractivity contribution in [1.29, 1.82) is 0 Å². The van der Waals surface area contributed by atoms with Crippen LogP contribution in [-0.2, 0) is 11.3 Å². The molecule has 0 bridgehead atoms. The fourth-order valence-corrected chi connectivity index (χ4v) is 4.14. The maximum Gasteiger partial charge on any atom is 0.238 e. The molecule has 2 N–H and O–H groups in total. The van der Waals surface area contributed by atoms with Gasteiger partial charge in [-0.05, 0) is 29.9 Å². The predicted octanol–water partition coefficient (Wildman–Crippen LogP) is 2.20. The zero-order chi connectivity index (χ0) is 18.7. The van der Waals surface area contributed by atoms with E-state index in [1.165, 1.54) is 0 Å². The van der Waals surface area contributed by atoms with Crippen LogP contribution in [0.25, 0.3) is 0 Å². The minimum Gasteiger partial charge on any atom is -0.349 e. The quantitative estimate of drug-likeness (QED) is 0.795. The Morgan fingerprint density at radius 1 is 1.19 bits per heavy atom. The van der Waals surface area contributed by atoms with Gasteiger partial charge in [-0.25, -0.2) is 0 Å². The Morgan fingerprint density at radius 2 is 1.96 bits per heavy atom. The molecule has 2 fully saturated rings. The summed E-state index contributed by atoms with van der Waals surface area (Å²) in [5.74, 6) is 0.170. The molecule has 3 heterocycles. The zero-order valence-corrected chi connectivity index (χ0v) is 15.9. The van der Waals surface area contributed by atoms with Gasteiger partial charge in [-0.3, -0.25) is 15.1 Å². The van der Waals surface area contributed by atoms with Crippen LogP contribution in [0.5, 0.6) is 0 Å². The molecule has 0 aliphatic carbocycles. The fourth-order valence-electron chi connectivity index (χ4n) is 3.84. The molecule has 140 valence electrons. The van der Waals surface area contributed by atoms with Crippen LogP contribution < -0.4 is 10.6 Å². The van der Waals surface area contributed by atoms with Gasteiger partial charge >= 0.3 is 0 Å². The molecule has 2 aromatic rings. The molecule has 0 radical (unpaired) electrons. The summed E-state index contributed by atoms with van der Waals surface area (Å²) in [5, 5.41) is 7.43. The molecular weight excluding hydrogens is 358 g/mol. The highest BCUT2D eigenvalue weighted by Crippen LogP contribution is 2.31. The van der Waals surface area contributed by atoms with E-state index in [2.05, 4.69) is 32.7 Å². The number of benzene rings is 1. The molecule has 0 saturated carbocycles. The van der Waals surface area contributed by atoms with Crippen molar-refractivity contribution in [2.24, 2.45) is 0 Å². The number of carbonyl (C=O) groups excluding carboxylic acids is 1. The van der Waals surface area contributed by atoms with Crippen molar-refractivity contribution in [2.75, 3.05) is 25.0 Å². The minimum atomic E-state index is -0.270. The second-order valence-electron chi connectivity index (χ2n) is 7.01. The lowest BCUT2D eigenvalue weighted by Crippen LogP contribution is -2.59. The van der Waals surface area contributed by atoms with E-state index in [1.807, 2.05) is 35.2 Å². The van der Waals surface area contributed by atoms with E-state index in [-0.39, 0.29) is 11.6 Å². The van der Waals surface area contributed by atoms with Crippen LogP contribution in [-0.4, -0.2) is 51.1 Å². The summed E-state index contributed by atoms with van der Waals surface area (Å²) in [6, 6.07) is 14.0. The maximum absolute atomic E-state index is 12.5. The average molecular weight is 382 g/mol. The van der Waals surface area contributed by atoms with E-state index in [1.54, 1.807) is 12.4 Å². The maximum atomic E-state index is 12.5. The van der Waals surface area contributed by atoms with Gasteiger partial charge in [0, 0.05) is 38.7 Å². The topological polar surface area (TPSA) is 60.5 Å². The second-order valence-corrected chi connectivity index (χ2v) is 7.40. The molecule has 7 heteroatoms. The van der Waals surface area contributed by atoms with Gasteiger partial charge in [-0.15, -0.1) is 0 Å². The second kappa shape index (κ2) is 7.62. The lowest BCUT2D eigenvalue weighted by Gasteiger charge is -2.45. The molecular formula is C20H23N5OS. The van der Waals surface area contributed by atoms with Crippen LogP contribution in [0.15, 0.2) is 54.9 Å². The number of nitrogens with zero attached hydrogens (tertiary/aromatic N) is 3. The summed E-state index contributed by atoms with van der Waals surface area (Å²) in [5.41, 5.74) is 1.78. The first-order valence-electron chi connectivity index (χ1n) is 9.22. The van der Waals surface area contributed by atoms with E-state index in [0.29, 0.717) is 18.2 Å². The third-order valence-corrected chi connectivity index (χ3v) is 5.72. The summed E-state index contributed by atoms with van der Waals surface area (Å²) in [6.45, 7) is 2.66. The summed E-state index contributed by atoms with van der Waals surface area (Å²) in [4.78, 5) is 20.8. The number of hydrogen-bond donors (Lipinski definition) is 2. The molecule has 1 spiro atoms. The van der Waals surface area contributed by atoms with Gasteiger partial charge in [0.25, 0.3) is 0 Å². The summed E-state index contributed by atoms with van der Waals surface area (Å²) in [6.07, 6.45) is 5.19. The first-order chi connectivity index (χ1) is 13.2. The van der Waals surface area contributed by atoms with Gasteiger partial charge in [0.2, 0.25) is 5.91 Å². The Hall–Kier alpha value is -2.51. The molecule has 4 rings (SSSR count). The number of thiocarbonyl (C=S) groups is 1. The SMILES string of the molecule is O=C1CNC2(CCN(C(=S)Nc3cccnc3)CC2)N1Cc1ccccc1. The molecule has 1 aromatic carbocycles. The van der Waals surface area contributed by atoms with E-state index in [0.717, 1.165) is 37.2 Å². The Labute approximate surface area is 164 Å². The van der Waals surface area contributed by atoms with Crippen LogP contribution in [0.1, 0.15) is 18.4 Å². The summed E-state index contributed by atoms with van der Waals surface area (Å²) < 4.78 is 0. The molecule has 0 unspecified atom stereocenters. The Bertz CT molecular complexity index is 806. The Morgan fingerprint density at radius 3 is 2.67 bits per heavy atom. The first kappa shape index (κ1) is 17.9. The summed E-state index contributed by atoms with van der Waals surface area (Å²) >= 11 is 5.56. The van der Waals surface area contributed by atoms with Crippen molar-refractivity contribution in [1.82, 2.24) is 20.1 Å². The lowest BCUT2D eigenvalue weighted by molar-refractivity contribution is -0.132. The summed E-state index contributed by atoms with van der Waals surface area (Å²) in [7, 11) is 0. The monoisotopic (exact) mass is 381 g/mol. The predicted molar refractivity (Wildman–Crippen MR) is 109 cm³/mol. The van der Waals surface area contributed by atoms with E-state index < -0.39 is 0 Å². The van der Waals surface area contributed by atoms with Crippen molar-refractivity contribution >= 4 is 28.9 Å². The molecule has 27 heavy (non-hydrogen) atoms. The van der Waals surface area contributed by atoms with Crippen LogP contribution in [0, 0.1) is 0 Å². The number of nitrogens with one attached hydrogen (secondary N) is 2. The molecule has 1 aromatic heterocycles. The zero-order valence-electron chi connectivity index (χ0n) is 15.1. The fraction of sp³-hybridized carbons (Fsp3) is 0.350. The molecule has 2 aliphatic heterocycles. The van der Waals surface area contributed by atoms with Crippen molar-refractivity contribution in [2.45, 2.75) is 25.0 Å². The Kier molecular flexibility index (Phi) is 5.05. The average Bonchev–Trinajstić information content (AvgIpc) is 3.00. The number of hydrogen-bond acceptors (Lipinski definition) is 4. The standard InChI is InChI=1S/C20H23N5OS/c26-18-14-22-20(25(18)15-16-5-2-1-3-6-16)8-11-24(12-9-20)19(27)23-17-7-4-10-21-13-17/h1-7,10,13,22H,8-9,11-12,14-15H2,(H,23,27). The van der Waals surface area contributed by atoms with Gasteiger partial charge in [0.1, 0.15) is 0 Å². The molecule has 1 amide bonds. The minimum absolute atomic E-state index is 0.170. The highest BCUT2D eigenvalue weighted by molar-refractivity contribution is 7.80. The number of amides is 1. The van der Waals surface area contributed by atoms with Gasteiger partial charge in [-0.2, -0.15) is 0 Å². The molecule has 6 nitrogen and oxygen atoms in total. The number of likely N-dealkylation sites (tertiary alicyclic amines) is 1. The van der Waals surface area contributed by atoms with Crippen LogP contribution in [0.4, 0.5) is 5.69 Å². The normalized spacial score (nSPS) is 18.7. The Balaban J connectivity index is 1.40. The van der Waals surface area contributed by atoms with Gasteiger partial charge in [0.15, 0.2) is 5.11 Å². The number of anilines is 1. The van der Waals surface area contributed by atoms with Crippen LogP contribution in [0.2, 0.25) is 0 Å². The highest BCUT2D eigenvalue weighted by atomic mass is 32.1. The van der Waals surface area contributed by atoms with Gasteiger partial charge in [0.05, 0.1) is 24.1 Å². The van der Waals surface area contributed by atoms with Crippen LogP contribution >= 0.6 is 12.2 Å². The van der Waals surface area contributed by atoms with Crippen LogP contribution in [0.3, 0.4) is 0 Å². The number of aromatic nitrogens is 1. The third-order valence-electron chi connectivity index (χ3n) is 5.36. The van der Waals surface area contributed by atoms with Gasteiger partial charge < -0.3 is 15.1 Å². The highest BCUT2D eigenvalue weighted by Gasteiger charge is 2.46. The third kappa shape index (κ3) is 3.79. The number of pyridine rings is 1. The van der Waals surface area contributed by atoms with Gasteiger partial charge in [-0.1, -0.05) is 30.3 Å². The lowest BCUT2D eigenvalue weighted by atomic mass is 9.95. The molecule has 0 atom stereocenters. The van der Waals surface area contributed by atoms with E-state index >= 15 is 0 Å². The smallest absolute Gasteiger partial charge is 0.238 e. The van der Waals surface area contributed by atoms with Crippen molar-refractivity contribution < 1.29 is 4.79 Å². The first-order valence-corrected chi connectivity index (χ1v) is 9.62. The number of rotatable bonds is 3. The largest absolute Gasteiger partial charge is 0.349 e. The van der Waals surface area contributed by atoms with Crippen molar-refractivity contribution in [3.05, 3.63) is 60.4 Å². The molecule has 2 aliphatic rings. The van der Waals surface area contributed by atoms with E-state index in [9.17, 15) is 4.79 Å². The number of carbonyl (C=O) groups is 1. The van der Waals surface area contributed by atoms with Crippen molar-refractivity contribution in [3.8, 4) is 0 Å². The van der Waals surface area contributed by atoms with E-state index in [4.69, 9.17) is 12.2 Å².